The van der Waals surface area contributed by atoms with E-state index in [1.54, 1.807) is 11.3 Å². The van der Waals surface area contributed by atoms with E-state index in [1.807, 2.05) is 76.4 Å². The van der Waals surface area contributed by atoms with Gasteiger partial charge in [0.2, 0.25) is 0 Å². The number of amides is 1. The summed E-state index contributed by atoms with van der Waals surface area (Å²) in [7, 11) is 0. The van der Waals surface area contributed by atoms with Gasteiger partial charge in [-0.05, 0) is 68.8 Å². The predicted molar refractivity (Wildman–Crippen MR) is 124 cm³/mol. The summed E-state index contributed by atoms with van der Waals surface area (Å²) < 4.78 is 2.35. The summed E-state index contributed by atoms with van der Waals surface area (Å²) in [4.78, 5) is 27.2. The number of aryl methyl sites for hydroxylation is 3. The van der Waals surface area contributed by atoms with Crippen molar-refractivity contribution in [2.24, 2.45) is 0 Å². The summed E-state index contributed by atoms with van der Waals surface area (Å²) in [5.74, 6) is -0.479. The number of carbonyl (C=O) groups is 1. The number of carbonyl (C=O) groups excluding carboxylic acids is 1. The number of hydrogen-bond donors (Lipinski definition) is 1. The molecule has 0 spiro atoms. The Kier molecular flexibility index (Phi) is 6.40. The lowest BCUT2D eigenvalue weighted by atomic mass is 10.1. The minimum atomic E-state index is -0.479. The highest BCUT2D eigenvalue weighted by Gasteiger charge is 2.19. The average molecular weight is 438 g/mol. The van der Waals surface area contributed by atoms with E-state index in [0.29, 0.717) is 14.9 Å². The normalized spacial score (nSPS) is 12.8. The molecule has 0 unspecified atom stereocenters. The zero-order chi connectivity index (χ0) is 22.0. The number of benzene rings is 1. The lowest BCUT2D eigenvalue weighted by Gasteiger charge is -2.11. The molecule has 154 valence electrons. The van der Waals surface area contributed by atoms with Gasteiger partial charge in [0.05, 0.1) is 10.2 Å². The summed E-state index contributed by atoms with van der Waals surface area (Å²) in [6.45, 7) is 9.49. The first kappa shape index (κ1) is 21.8. The molecule has 2 aromatic heterocycles. The minimum Gasteiger partial charge on any atom is -0.349 e. The largest absolute Gasteiger partial charge is 0.349 e. The number of para-hydroxylation sites is 1. The maximum atomic E-state index is 13.5. The van der Waals surface area contributed by atoms with E-state index in [2.05, 4.69) is 5.32 Å². The number of nitriles is 1. The highest BCUT2D eigenvalue weighted by molar-refractivity contribution is 7.11. The smallest absolute Gasteiger partial charge is 0.273 e. The molecule has 3 aromatic rings. The van der Waals surface area contributed by atoms with Gasteiger partial charge in [0.15, 0.2) is 5.57 Å². The molecular formula is C23H23N3O2S2. The van der Waals surface area contributed by atoms with Gasteiger partial charge < -0.3 is 5.32 Å². The number of nitrogens with zero attached hydrogens (tertiary/aromatic N) is 2. The van der Waals surface area contributed by atoms with Crippen molar-refractivity contribution in [1.29, 1.82) is 5.26 Å². The molecule has 0 bridgehead atoms. The fourth-order valence-corrected chi connectivity index (χ4v) is 5.20. The Hall–Kier alpha value is -2.95. The van der Waals surface area contributed by atoms with Crippen LogP contribution in [0.5, 0.6) is 0 Å². The fourth-order valence-electron chi connectivity index (χ4n) is 3.19. The van der Waals surface area contributed by atoms with Crippen LogP contribution < -0.4 is 20.1 Å². The van der Waals surface area contributed by atoms with Crippen LogP contribution in [0.25, 0.3) is 17.3 Å². The summed E-state index contributed by atoms with van der Waals surface area (Å²) >= 11 is 2.73. The Morgan fingerprint density at radius 1 is 1.17 bits per heavy atom. The fraction of sp³-hybridized carbons (Fsp3) is 0.261. The molecule has 0 aliphatic rings. The van der Waals surface area contributed by atoms with E-state index in [0.717, 1.165) is 21.6 Å². The Labute approximate surface area is 183 Å². The van der Waals surface area contributed by atoms with Gasteiger partial charge >= 0.3 is 0 Å². The lowest BCUT2D eigenvalue weighted by Crippen LogP contribution is -2.36. The van der Waals surface area contributed by atoms with Crippen molar-refractivity contribution in [2.45, 2.75) is 40.7 Å². The average Bonchev–Trinajstić information content (AvgIpc) is 3.20. The van der Waals surface area contributed by atoms with Crippen molar-refractivity contribution in [3.8, 4) is 11.8 Å². The van der Waals surface area contributed by atoms with E-state index in [1.165, 1.54) is 15.9 Å². The number of thiazole rings is 1. The zero-order valence-corrected chi connectivity index (χ0v) is 19.2. The Balaban J connectivity index is 2.47. The number of thiophene rings is 1. The van der Waals surface area contributed by atoms with Crippen LogP contribution in [-0.4, -0.2) is 16.5 Å². The first-order valence-corrected chi connectivity index (χ1v) is 11.2. The third-order valence-electron chi connectivity index (χ3n) is 4.62. The molecule has 3 rings (SSSR count). The van der Waals surface area contributed by atoms with Gasteiger partial charge in [0.1, 0.15) is 10.7 Å². The topological polar surface area (TPSA) is 74.9 Å². The molecule has 30 heavy (non-hydrogen) atoms. The molecule has 5 nitrogen and oxygen atoms in total. The van der Waals surface area contributed by atoms with Gasteiger partial charge in [-0.3, -0.25) is 14.2 Å². The van der Waals surface area contributed by atoms with Gasteiger partial charge in [0.25, 0.3) is 11.5 Å². The summed E-state index contributed by atoms with van der Waals surface area (Å²) in [5.41, 5.74) is 3.30. The van der Waals surface area contributed by atoms with Crippen LogP contribution in [0.15, 0.2) is 34.4 Å². The number of hydrogen-bond acceptors (Lipinski definition) is 5. The number of nitrogens with one attached hydrogen (secondary N) is 1. The third kappa shape index (κ3) is 4.16. The summed E-state index contributed by atoms with van der Waals surface area (Å²) in [6.07, 6.45) is 1.84. The third-order valence-corrected chi connectivity index (χ3v) is 6.68. The second-order valence-corrected chi connectivity index (χ2v) is 9.36. The zero-order valence-electron chi connectivity index (χ0n) is 17.6. The van der Waals surface area contributed by atoms with Crippen molar-refractivity contribution in [3.05, 3.63) is 70.8 Å². The van der Waals surface area contributed by atoms with E-state index >= 15 is 0 Å². The van der Waals surface area contributed by atoms with Crippen LogP contribution in [0, 0.1) is 32.1 Å². The summed E-state index contributed by atoms with van der Waals surface area (Å²) in [5, 5.41) is 14.6. The highest BCUT2D eigenvalue weighted by atomic mass is 32.1. The lowest BCUT2D eigenvalue weighted by molar-refractivity contribution is -0.116. The van der Waals surface area contributed by atoms with Gasteiger partial charge in [0, 0.05) is 10.9 Å². The van der Waals surface area contributed by atoms with Crippen molar-refractivity contribution >= 4 is 40.2 Å². The van der Waals surface area contributed by atoms with E-state index in [-0.39, 0.29) is 17.2 Å². The molecule has 1 amide bonds. The van der Waals surface area contributed by atoms with Crippen LogP contribution in [0.3, 0.4) is 0 Å². The van der Waals surface area contributed by atoms with Crippen molar-refractivity contribution in [3.63, 3.8) is 0 Å². The van der Waals surface area contributed by atoms with Crippen molar-refractivity contribution in [2.75, 3.05) is 0 Å². The van der Waals surface area contributed by atoms with E-state index in [9.17, 15) is 14.9 Å². The Morgan fingerprint density at radius 2 is 1.83 bits per heavy atom. The van der Waals surface area contributed by atoms with E-state index in [4.69, 9.17) is 0 Å². The van der Waals surface area contributed by atoms with Crippen LogP contribution in [0.2, 0.25) is 0 Å². The molecule has 1 N–H and O–H groups in total. The monoisotopic (exact) mass is 437 g/mol. The molecular weight excluding hydrogens is 414 g/mol. The maximum Gasteiger partial charge on any atom is 0.273 e. The molecule has 0 atom stereocenters. The Morgan fingerprint density at radius 3 is 2.37 bits per heavy atom. The first-order chi connectivity index (χ1) is 14.2. The summed E-state index contributed by atoms with van der Waals surface area (Å²) in [6, 6.07) is 9.67. The molecule has 0 saturated heterocycles. The van der Waals surface area contributed by atoms with Crippen LogP contribution in [0.4, 0.5) is 0 Å². The predicted octanol–water partition coefficient (Wildman–Crippen LogP) is 2.91. The van der Waals surface area contributed by atoms with Crippen molar-refractivity contribution < 1.29 is 4.79 Å². The molecule has 0 fully saturated rings. The minimum absolute atomic E-state index is 0.0593. The van der Waals surface area contributed by atoms with Gasteiger partial charge in [-0.25, -0.2) is 0 Å². The van der Waals surface area contributed by atoms with Crippen LogP contribution in [0.1, 0.15) is 35.4 Å². The molecule has 0 aliphatic carbocycles. The molecule has 0 saturated carbocycles. The van der Waals surface area contributed by atoms with Crippen LogP contribution in [-0.2, 0) is 4.79 Å². The Bertz CT molecular complexity index is 1310. The van der Waals surface area contributed by atoms with Gasteiger partial charge in [-0.15, -0.1) is 22.7 Å². The molecule has 0 radical (unpaired) electrons. The number of aromatic nitrogens is 1. The maximum absolute atomic E-state index is 13.5. The molecule has 7 heteroatoms. The van der Waals surface area contributed by atoms with E-state index < -0.39 is 5.91 Å². The second kappa shape index (κ2) is 8.82. The molecule has 0 aliphatic heterocycles. The SMILES string of the molecule is Cc1ccsc1C=c1sc(=C(C#N)C(=O)NC(C)C)n(-c2c(C)cccc2C)c1=O. The van der Waals surface area contributed by atoms with Gasteiger partial charge in [-0.1, -0.05) is 18.2 Å². The number of rotatable bonds is 4. The first-order valence-electron chi connectivity index (χ1n) is 9.54. The van der Waals surface area contributed by atoms with Gasteiger partial charge in [-0.2, -0.15) is 5.26 Å². The highest BCUT2D eigenvalue weighted by Crippen LogP contribution is 2.17. The van der Waals surface area contributed by atoms with Crippen molar-refractivity contribution in [1.82, 2.24) is 9.88 Å². The standard InChI is InChI=1S/C23H23N3O2S2/c1-13(2)25-21(27)17(12-24)23-26(20-15(4)7-6-8-16(20)5)22(28)19(30-23)11-18-14(3)9-10-29-18/h6-11,13H,1-5H3,(H,25,27). The molecule has 1 aromatic carbocycles. The molecule has 2 heterocycles. The second-order valence-electron chi connectivity index (χ2n) is 7.38. The van der Waals surface area contributed by atoms with Crippen LogP contribution >= 0.6 is 22.7 Å². The quantitative estimate of drug-likeness (QED) is 0.682.